The van der Waals surface area contributed by atoms with Crippen molar-refractivity contribution in [3.05, 3.63) is 59.6 Å². The SMILES string of the molecule is Cc1ccc(OC2CCN(c3c(C#N)cnc4cc(F)c(F)cc34)CC2)cn1. The Balaban J connectivity index is 1.57. The van der Waals surface area contributed by atoms with Gasteiger partial charge in [0.05, 0.1) is 23.0 Å². The van der Waals surface area contributed by atoms with Gasteiger partial charge in [-0.2, -0.15) is 5.26 Å². The van der Waals surface area contributed by atoms with Crippen molar-refractivity contribution in [2.45, 2.75) is 25.9 Å². The molecule has 0 aliphatic carbocycles. The minimum absolute atomic E-state index is 0.0357. The first-order chi connectivity index (χ1) is 13.5. The van der Waals surface area contributed by atoms with Crippen LogP contribution in [0.4, 0.5) is 14.5 Å². The highest BCUT2D eigenvalue weighted by molar-refractivity contribution is 5.94. The molecule has 0 N–H and O–H groups in total. The molecule has 0 bridgehead atoms. The van der Waals surface area contributed by atoms with Gasteiger partial charge < -0.3 is 9.64 Å². The molecule has 1 fully saturated rings. The molecular formula is C21H18F2N4O. The second kappa shape index (κ2) is 7.39. The van der Waals surface area contributed by atoms with Crippen LogP contribution in [0.2, 0.25) is 0 Å². The van der Waals surface area contributed by atoms with E-state index in [1.54, 1.807) is 6.20 Å². The molecule has 1 aliphatic heterocycles. The maximum Gasteiger partial charge on any atom is 0.161 e. The summed E-state index contributed by atoms with van der Waals surface area (Å²) in [6.45, 7) is 3.19. The van der Waals surface area contributed by atoms with Crippen molar-refractivity contribution in [3.63, 3.8) is 0 Å². The Labute approximate surface area is 161 Å². The van der Waals surface area contributed by atoms with Crippen LogP contribution >= 0.6 is 0 Å². The van der Waals surface area contributed by atoms with Gasteiger partial charge in [-0.3, -0.25) is 9.97 Å². The van der Waals surface area contributed by atoms with Gasteiger partial charge in [0.2, 0.25) is 0 Å². The van der Waals surface area contributed by atoms with Gasteiger partial charge in [0, 0.05) is 49.3 Å². The lowest BCUT2D eigenvalue weighted by atomic mass is 10.0. The number of ether oxygens (including phenoxy) is 1. The molecule has 3 heterocycles. The first-order valence-corrected chi connectivity index (χ1v) is 9.07. The number of halogens is 2. The van der Waals surface area contributed by atoms with E-state index < -0.39 is 11.6 Å². The van der Waals surface area contributed by atoms with Gasteiger partial charge >= 0.3 is 0 Å². The molecule has 28 heavy (non-hydrogen) atoms. The smallest absolute Gasteiger partial charge is 0.161 e. The molecule has 1 saturated heterocycles. The Morgan fingerprint density at radius 1 is 1.11 bits per heavy atom. The Bertz CT molecular complexity index is 1050. The molecule has 0 spiro atoms. The third kappa shape index (κ3) is 3.46. The van der Waals surface area contributed by atoms with E-state index >= 15 is 0 Å². The lowest BCUT2D eigenvalue weighted by molar-refractivity contribution is 0.170. The first kappa shape index (κ1) is 18.1. The number of aromatic nitrogens is 2. The van der Waals surface area contributed by atoms with E-state index in [4.69, 9.17) is 4.74 Å². The van der Waals surface area contributed by atoms with Crippen LogP contribution in [0.15, 0.2) is 36.7 Å². The van der Waals surface area contributed by atoms with Gasteiger partial charge in [-0.25, -0.2) is 8.78 Å². The lowest BCUT2D eigenvalue weighted by Crippen LogP contribution is -2.38. The van der Waals surface area contributed by atoms with E-state index in [0.29, 0.717) is 35.2 Å². The summed E-state index contributed by atoms with van der Waals surface area (Å²) in [6, 6.07) is 8.10. The number of anilines is 1. The van der Waals surface area contributed by atoms with Gasteiger partial charge in [0.15, 0.2) is 11.6 Å². The molecule has 0 saturated carbocycles. The number of rotatable bonds is 3. The fourth-order valence-electron chi connectivity index (χ4n) is 3.51. The Kier molecular flexibility index (Phi) is 4.78. The molecule has 3 aromatic rings. The highest BCUT2D eigenvalue weighted by atomic mass is 19.2. The molecule has 0 amide bonds. The predicted molar refractivity (Wildman–Crippen MR) is 101 cm³/mol. The molecule has 1 aliphatic rings. The highest BCUT2D eigenvalue weighted by Crippen LogP contribution is 2.33. The molecular weight excluding hydrogens is 362 g/mol. The first-order valence-electron chi connectivity index (χ1n) is 9.07. The summed E-state index contributed by atoms with van der Waals surface area (Å²) in [4.78, 5) is 10.4. The number of aryl methyl sites for hydroxylation is 1. The maximum atomic E-state index is 13.8. The average Bonchev–Trinajstić information content (AvgIpc) is 2.70. The van der Waals surface area contributed by atoms with Crippen LogP contribution in [0.25, 0.3) is 10.9 Å². The van der Waals surface area contributed by atoms with E-state index in [9.17, 15) is 14.0 Å². The summed E-state index contributed by atoms with van der Waals surface area (Å²) in [5.74, 6) is -1.17. The van der Waals surface area contributed by atoms with Crippen LogP contribution in [0.5, 0.6) is 5.75 Å². The van der Waals surface area contributed by atoms with Crippen molar-refractivity contribution >= 4 is 16.6 Å². The number of nitrogens with zero attached hydrogens (tertiary/aromatic N) is 4. The third-order valence-electron chi connectivity index (χ3n) is 4.95. The van der Waals surface area contributed by atoms with Gasteiger partial charge in [0.25, 0.3) is 0 Å². The minimum Gasteiger partial charge on any atom is -0.489 e. The predicted octanol–water partition coefficient (Wildman–Crippen LogP) is 4.14. The van der Waals surface area contributed by atoms with Crippen molar-refractivity contribution in [1.82, 2.24) is 9.97 Å². The molecule has 0 unspecified atom stereocenters. The number of hydrogen-bond acceptors (Lipinski definition) is 5. The Morgan fingerprint density at radius 3 is 2.54 bits per heavy atom. The molecule has 2 aromatic heterocycles. The van der Waals surface area contributed by atoms with Crippen molar-refractivity contribution in [3.8, 4) is 11.8 Å². The van der Waals surface area contributed by atoms with Gasteiger partial charge in [-0.05, 0) is 25.1 Å². The third-order valence-corrected chi connectivity index (χ3v) is 4.95. The molecule has 7 heteroatoms. The molecule has 0 radical (unpaired) electrons. The second-order valence-corrected chi connectivity index (χ2v) is 6.86. The molecule has 5 nitrogen and oxygen atoms in total. The average molecular weight is 380 g/mol. The Hall–Kier alpha value is -3.27. The van der Waals surface area contributed by atoms with E-state index in [1.807, 2.05) is 24.0 Å². The van der Waals surface area contributed by atoms with E-state index in [0.717, 1.165) is 36.4 Å². The minimum atomic E-state index is -0.950. The van der Waals surface area contributed by atoms with Gasteiger partial charge in [0.1, 0.15) is 17.9 Å². The van der Waals surface area contributed by atoms with Crippen molar-refractivity contribution in [2.24, 2.45) is 0 Å². The number of nitriles is 1. The van der Waals surface area contributed by atoms with Crippen LogP contribution in [-0.2, 0) is 0 Å². The van der Waals surface area contributed by atoms with Crippen LogP contribution in [0, 0.1) is 29.9 Å². The highest BCUT2D eigenvalue weighted by Gasteiger charge is 2.25. The molecule has 4 rings (SSSR count). The van der Waals surface area contributed by atoms with Crippen molar-refractivity contribution in [1.29, 1.82) is 5.26 Å². The van der Waals surface area contributed by atoms with Crippen LogP contribution < -0.4 is 9.64 Å². The van der Waals surface area contributed by atoms with Crippen molar-refractivity contribution < 1.29 is 13.5 Å². The number of hydrogen-bond donors (Lipinski definition) is 0. The lowest BCUT2D eigenvalue weighted by Gasteiger charge is -2.34. The summed E-state index contributed by atoms with van der Waals surface area (Å²) in [7, 11) is 0. The van der Waals surface area contributed by atoms with E-state index in [1.165, 1.54) is 6.20 Å². The standard InChI is InChI=1S/C21H18F2N4O/c1-13-2-3-16(12-25-13)28-15-4-6-27(7-5-15)21-14(10-24)11-26-20-9-19(23)18(22)8-17(20)21/h2-3,8-9,11-12,15H,4-7H2,1H3. The normalized spacial score (nSPS) is 14.9. The number of piperidine rings is 1. The van der Waals surface area contributed by atoms with Crippen molar-refractivity contribution in [2.75, 3.05) is 18.0 Å². The molecule has 1 aromatic carbocycles. The summed E-state index contributed by atoms with van der Waals surface area (Å²) in [5, 5.41) is 9.93. The largest absolute Gasteiger partial charge is 0.489 e. The fraction of sp³-hybridized carbons (Fsp3) is 0.286. The van der Waals surface area contributed by atoms with E-state index in [2.05, 4.69) is 16.0 Å². The quantitative estimate of drug-likeness (QED) is 0.684. The zero-order chi connectivity index (χ0) is 19.7. The van der Waals surface area contributed by atoms with Gasteiger partial charge in [-0.1, -0.05) is 0 Å². The topological polar surface area (TPSA) is 62.0 Å². The summed E-state index contributed by atoms with van der Waals surface area (Å²) in [6.07, 6.45) is 4.64. The summed E-state index contributed by atoms with van der Waals surface area (Å²) < 4.78 is 33.4. The van der Waals surface area contributed by atoms with Gasteiger partial charge in [-0.15, -0.1) is 0 Å². The van der Waals surface area contributed by atoms with Crippen LogP contribution in [0.1, 0.15) is 24.1 Å². The summed E-state index contributed by atoms with van der Waals surface area (Å²) >= 11 is 0. The number of pyridine rings is 2. The molecule has 0 atom stereocenters. The summed E-state index contributed by atoms with van der Waals surface area (Å²) in [5.41, 5.74) is 2.21. The van der Waals surface area contributed by atoms with Crippen LogP contribution in [0.3, 0.4) is 0 Å². The number of fused-ring (bicyclic) bond motifs is 1. The molecule has 142 valence electrons. The van der Waals surface area contributed by atoms with E-state index in [-0.39, 0.29) is 6.10 Å². The zero-order valence-corrected chi connectivity index (χ0v) is 15.3. The van der Waals surface area contributed by atoms with Crippen LogP contribution in [-0.4, -0.2) is 29.2 Å². The maximum absolute atomic E-state index is 13.8. The monoisotopic (exact) mass is 380 g/mol. The number of benzene rings is 1. The zero-order valence-electron chi connectivity index (χ0n) is 15.3. The second-order valence-electron chi connectivity index (χ2n) is 6.86. The Morgan fingerprint density at radius 2 is 1.86 bits per heavy atom. The fourth-order valence-corrected chi connectivity index (χ4v) is 3.51.